The average Bonchev–Trinajstić information content (AvgIpc) is 2.61. The molecule has 1 aliphatic carbocycles. The number of nitrogens with one attached hydrogen (secondary N) is 1. The van der Waals surface area contributed by atoms with Gasteiger partial charge in [-0.05, 0) is 54.0 Å². The van der Waals surface area contributed by atoms with Crippen LogP contribution in [0.5, 0.6) is 0 Å². The van der Waals surface area contributed by atoms with Crippen LogP contribution in [0.25, 0.3) is 0 Å². The number of carboxylic acid groups (broad SMARTS) is 1. The molecule has 0 aliphatic heterocycles. The molecule has 0 saturated carbocycles. The number of hydrogen-bond acceptors (Lipinski definition) is 2. The average molecular weight is 355 g/mol. The Morgan fingerprint density at radius 3 is 2.50 bits per heavy atom. The molecule has 2 N–H and O–H groups in total. The summed E-state index contributed by atoms with van der Waals surface area (Å²) in [4.78, 5) is 23.6. The van der Waals surface area contributed by atoms with Crippen molar-refractivity contribution in [2.24, 2.45) is 5.92 Å². The van der Waals surface area contributed by atoms with E-state index in [9.17, 15) is 14.0 Å². The zero-order valence-corrected chi connectivity index (χ0v) is 14.5. The van der Waals surface area contributed by atoms with Crippen molar-refractivity contribution < 1.29 is 19.1 Å². The molecular weight excluding hydrogens is 333 g/mol. The van der Waals surface area contributed by atoms with Crippen LogP contribution in [-0.2, 0) is 22.4 Å². The predicted molar refractivity (Wildman–Crippen MR) is 96.1 cm³/mol. The molecule has 1 aliphatic rings. The third-order valence-corrected chi connectivity index (χ3v) is 4.91. The topological polar surface area (TPSA) is 66.4 Å². The molecule has 0 fully saturated rings. The molecule has 0 aromatic heterocycles. The molecule has 26 heavy (non-hydrogen) atoms. The van der Waals surface area contributed by atoms with Crippen molar-refractivity contribution in [1.82, 2.24) is 5.32 Å². The third kappa shape index (κ3) is 4.69. The van der Waals surface area contributed by atoms with E-state index in [0.717, 1.165) is 19.3 Å². The van der Waals surface area contributed by atoms with Gasteiger partial charge in [-0.1, -0.05) is 36.4 Å². The van der Waals surface area contributed by atoms with E-state index in [1.165, 1.54) is 35.4 Å². The molecule has 0 heterocycles. The van der Waals surface area contributed by atoms with Gasteiger partial charge in [-0.25, -0.2) is 4.39 Å². The molecule has 136 valence electrons. The third-order valence-electron chi connectivity index (χ3n) is 4.91. The van der Waals surface area contributed by atoms with Gasteiger partial charge in [0, 0.05) is 6.42 Å². The number of fused-ring (bicyclic) bond motifs is 1. The standard InChI is InChI=1S/C21H22FNO3/c22-18-9-7-16(8-10-18)19(13-21(25)26)23-20(24)12-14-5-6-15-3-1-2-4-17(15)11-14/h1-4,7-10,14,19H,5-6,11-13H2,(H,23,24)(H,25,26). The van der Waals surface area contributed by atoms with Crippen molar-refractivity contribution in [3.05, 3.63) is 71.0 Å². The first-order chi connectivity index (χ1) is 12.5. The van der Waals surface area contributed by atoms with Crippen LogP contribution in [0, 0.1) is 11.7 Å². The second kappa shape index (κ2) is 8.13. The molecule has 2 aromatic carbocycles. The Morgan fingerprint density at radius 1 is 1.12 bits per heavy atom. The number of amides is 1. The minimum Gasteiger partial charge on any atom is -0.481 e. The maximum atomic E-state index is 13.1. The van der Waals surface area contributed by atoms with Crippen LogP contribution in [0.2, 0.25) is 0 Å². The second-order valence-corrected chi connectivity index (χ2v) is 6.85. The SMILES string of the molecule is O=C(O)CC(NC(=O)CC1CCc2ccccc2C1)c1ccc(F)cc1. The van der Waals surface area contributed by atoms with Crippen molar-refractivity contribution in [2.45, 2.75) is 38.1 Å². The predicted octanol–water partition coefficient (Wildman–Crippen LogP) is 3.65. The van der Waals surface area contributed by atoms with Gasteiger partial charge in [0.25, 0.3) is 0 Å². The number of aliphatic carboxylic acids is 1. The molecule has 2 aromatic rings. The van der Waals surface area contributed by atoms with Gasteiger partial charge in [0.05, 0.1) is 12.5 Å². The number of carboxylic acids is 1. The first kappa shape index (κ1) is 18.1. The molecular formula is C21H22FNO3. The van der Waals surface area contributed by atoms with Crippen LogP contribution < -0.4 is 5.32 Å². The van der Waals surface area contributed by atoms with E-state index in [1.54, 1.807) is 0 Å². The highest BCUT2D eigenvalue weighted by Gasteiger charge is 2.23. The van der Waals surface area contributed by atoms with Crippen LogP contribution in [-0.4, -0.2) is 17.0 Å². The highest BCUT2D eigenvalue weighted by atomic mass is 19.1. The Bertz CT molecular complexity index is 788. The van der Waals surface area contributed by atoms with Crippen LogP contribution in [0.3, 0.4) is 0 Å². The summed E-state index contributed by atoms with van der Waals surface area (Å²) < 4.78 is 13.1. The summed E-state index contributed by atoms with van der Waals surface area (Å²) in [5, 5.41) is 11.9. The van der Waals surface area contributed by atoms with E-state index >= 15 is 0 Å². The molecule has 2 atom stereocenters. The summed E-state index contributed by atoms with van der Waals surface area (Å²) in [7, 11) is 0. The van der Waals surface area contributed by atoms with Crippen molar-refractivity contribution in [2.75, 3.05) is 0 Å². The van der Waals surface area contributed by atoms with Gasteiger partial charge in [0.1, 0.15) is 5.82 Å². The number of halogens is 1. The van der Waals surface area contributed by atoms with E-state index in [1.807, 2.05) is 12.1 Å². The molecule has 5 heteroatoms. The van der Waals surface area contributed by atoms with E-state index in [0.29, 0.717) is 12.0 Å². The largest absolute Gasteiger partial charge is 0.481 e. The van der Waals surface area contributed by atoms with Gasteiger partial charge < -0.3 is 10.4 Å². The quantitative estimate of drug-likeness (QED) is 0.831. The smallest absolute Gasteiger partial charge is 0.305 e. The van der Waals surface area contributed by atoms with Gasteiger partial charge in [-0.15, -0.1) is 0 Å². The minimum atomic E-state index is -1.01. The monoisotopic (exact) mass is 355 g/mol. The van der Waals surface area contributed by atoms with Crippen molar-refractivity contribution in [3.63, 3.8) is 0 Å². The van der Waals surface area contributed by atoms with Crippen LogP contribution >= 0.6 is 0 Å². The molecule has 3 rings (SSSR count). The lowest BCUT2D eigenvalue weighted by atomic mass is 9.82. The first-order valence-electron chi connectivity index (χ1n) is 8.84. The molecule has 0 radical (unpaired) electrons. The highest BCUT2D eigenvalue weighted by molar-refractivity contribution is 5.78. The summed E-state index contributed by atoms with van der Waals surface area (Å²) in [5.41, 5.74) is 3.23. The summed E-state index contributed by atoms with van der Waals surface area (Å²) >= 11 is 0. The van der Waals surface area contributed by atoms with E-state index in [-0.39, 0.29) is 18.2 Å². The summed E-state index contributed by atoms with van der Waals surface area (Å²) in [6, 6.07) is 13.2. The van der Waals surface area contributed by atoms with Crippen molar-refractivity contribution in [3.8, 4) is 0 Å². The molecule has 2 unspecified atom stereocenters. The second-order valence-electron chi connectivity index (χ2n) is 6.85. The molecule has 4 nitrogen and oxygen atoms in total. The first-order valence-corrected chi connectivity index (χ1v) is 8.84. The number of benzene rings is 2. The lowest BCUT2D eigenvalue weighted by molar-refractivity contribution is -0.137. The number of carbonyl (C=O) groups excluding carboxylic acids is 1. The van der Waals surface area contributed by atoms with E-state index in [2.05, 4.69) is 17.4 Å². The fraction of sp³-hybridized carbons (Fsp3) is 0.333. The fourth-order valence-electron chi connectivity index (χ4n) is 3.58. The number of aryl methyl sites for hydroxylation is 1. The molecule has 1 amide bonds. The summed E-state index contributed by atoms with van der Waals surface area (Å²) in [5.74, 6) is -1.31. The van der Waals surface area contributed by atoms with E-state index < -0.39 is 17.8 Å². The Hall–Kier alpha value is -2.69. The lowest BCUT2D eigenvalue weighted by Gasteiger charge is -2.25. The van der Waals surface area contributed by atoms with Crippen LogP contribution in [0.4, 0.5) is 4.39 Å². The Morgan fingerprint density at radius 2 is 1.81 bits per heavy atom. The zero-order valence-electron chi connectivity index (χ0n) is 14.5. The Balaban J connectivity index is 1.63. The van der Waals surface area contributed by atoms with Gasteiger partial charge in [-0.2, -0.15) is 0 Å². The Labute approximate surface area is 152 Å². The summed E-state index contributed by atoms with van der Waals surface area (Å²) in [6.07, 6.45) is 2.91. The van der Waals surface area contributed by atoms with Crippen molar-refractivity contribution in [1.29, 1.82) is 0 Å². The minimum absolute atomic E-state index is 0.162. The zero-order chi connectivity index (χ0) is 18.5. The lowest BCUT2D eigenvalue weighted by Crippen LogP contribution is -2.32. The summed E-state index contributed by atoms with van der Waals surface area (Å²) in [6.45, 7) is 0. The molecule has 0 saturated heterocycles. The van der Waals surface area contributed by atoms with Gasteiger partial charge in [0.15, 0.2) is 0 Å². The number of carbonyl (C=O) groups is 2. The van der Waals surface area contributed by atoms with Gasteiger partial charge >= 0.3 is 5.97 Å². The van der Waals surface area contributed by atoms with E-state index in [4.69, 9.17) is 5.11 Å². The van der Waals surface area contributed by atoms with Crippen molar-refractivity contribution >= 4 is 11.9 Å². The maximum absolute atomic E-state index is 13.1. The molecule has 0 spiro atoms. The molecule has 0 bridgehead atoms. The van der Waals surface area contributed by atoms with Gasteiger partial charge in [0.2, 0.25) is 5.91 Å². The number of rotatable bonds is 6. The van der Waals surface area contributed by atoms with Crippen LogP contribution in [0.15, 0.2) is 48.5 Å². The normalized spacial score (nSPS) is 17.2. The maximum Gasteiger partial charge on any atom is 0.305 e. The fourth-order valence-corrected chi connectivity index (χ4v) is 3.58. The highest BCUT2D eigenvalue weighted by Crippen LogP contribution is 2.28. The van der Waals surface area contributed by atoms with Crippen LogP contribution in [0.1, 0.15) is 42.0 Å². The van der Waals surface area contributed by atoms with Gasteiger partial charge in [-0.3, -0.25) is 9.59 Å². The number of hydrogen-bond donors (Lipinski definition) is 2. The Kier molecular flexibility index (Phi) is 5.66.